The summed E-state index contributed by atoms with van der Waals surface area (Å²) in [5.74, 6) is 0. The van der Waals surface area contributed by atoms with Crippen LogP contribution < -0.4 is 5.56 Å². The van der Waals surface area contributed by atoms with E-state index in [9.17, 15) is 4.79 Å². The maximum Gasteiger partial charge on any atom is 0.281 e. The topological polar surface area (TPSA) is 50.2 Å². The van der Waals surface area contributed by atoms with Gasteiger partial charge in [0.2, 0.25) is 0 Å². The highest BCUT2D eigenvalue weighted by molar-refractivity contribution is 9.10. The van der Waals surface area contributed by atoms with Gasteiger partial charge in [0.25, 0.3) is 5.56 Å². The van der Waals surface area contributed by atoms with Crippen LogP contribution in [0.2, 0.25) is 0 Å². The molecule has 4 nitrogen and oxygen atoms in total. The van der Waals surface area contributed by atoms with E-state index in [1.165, 1.54) is 0 Å². The summed E-state index contributed by atoms with van der Waals surface area (Å²) in [6, 6.07) is 11.8. The van der Waals surface area contributed by atoms with E-state index in [0.29, 0.717) is 10.1 Å². The maximum absolute atomic E-state index is 11.7. The molecule has 3 aromatic rings. The van der Waals surface area contributed by atoms with Gasteiger partial charge in [-0.1, -0.05) is 30.3 Å². The number of aryl methyl sites for hydroxylation is 1. The molecule has 0 unspecified atom stereocenters. The molecule has 0 aliphatic heterocycles. The Balaban J connectivity index is 2.43. The Labute approximate surface area is 111 Å². The van der Waals surface area contributed by atoms with E-state index in [1.807, 2.05) is 43.3 Å². The predicted molar refractivity (Wildman–Crippen MR) is 73.7 cm³/mol. The second kappa shape index (κ2) is 4.10. The molecule has 0 bridgehead atoms. The van der Waals surface area contributed by atoms with Crippen molar-refractivity contribution >= 4 is 21.6 Å². The largest absolute Gasteiger partial charge is 0.281 e. The Hall–Kier alpha value is -1.88. The summed E-state index contributed by atoms with van der Waals surface area (Å²) in [5.41, 5.74) is 3.25. The van der Waals surface area contributed by atoms with E-state index < -0.39 is 0 Å². The first-order valence-electron chi connectivity index (χ1n) is 5.50. The molecule has 0 spiro atoms. The molecule has 1 aromatic carbocycles. The van der Waals surface area contributed by atoms with Crippen molar-refractivity contribution in [2.75, 3.05) is 0 Å². The number of halogens is 1. The molecule has 5 heteroatoms. The van der Waals surface area contributed by atoms with Gasteiger partial charge in [0, 0.05) is 11.3 Å². The molecule has 2 heterocycles. The second-order valence-corrected chi connectivity index (χ2v) is 4.86. The highest BCUT2D eigenvalue weighted by Gasteiger charge is 2.12. The summed E-state index contributed by atoms with van der Waals surface area (Å²) in [5, 5.41) is 2.77. The third kappa shape index (κ3) is 1.67. The highest BCUT2D eigenvalue weighted by Crippen LogP contribution is 2.22. The Morgan fingerprint density at radius 3 is 2.72 bits per heavy atom. The number of H-pyrrole nitrogens is 1. The first-order chi connectivity index (χ1) is 8.66. The number of hydrogen-bond acceptors (Lipinski definition) is 2. The summed E-state index contributed by atoms with van der Waals surface area (Å²) >= 11 is 3.26. The zero-order valence-corrected chi connectivity index (χ0v) is 11.2. The van der Waals surface area contributed by atoms with Crippen molar-refractivity contribution < 1.29 is 0 Å². The van der Waals surface area contributed by atoms with Gasteiger partial charge in [0.05, 0.1) is 5.69 Å². The van der Waals surface area contributed by atoms with Crippen LogP contribution in [0.1, 0.15) is 5.69 Å². The minimum atomic E-state index is -0.176. The Morgan fingerprint density at radius 2 is 2.00 bits per heavy atom. The molecule has 18 heavy (non-hydrogen) atoms. The summed E-state index contributed by atoms with van der Waals surface area (Å²) in [4.78, 5) is 16.0. The van der Waals surface area contributed by atoms with Crippen LogP contribution in [0.5, 0.6) is 0 Å². The molecule has 0 aliphatic rings. The van der Waals surface area contributed by atoms with Crippen LogP contribution in [0, 0.1) is 6.92 Å². The van der Waals surface area contributed by atoms with Crippen LogP contribution in [0.25, 0.3) is 16.9 Å². The second-order valence-electron chi connectivity index (χ2n) is 4.06. The summed E-state index contributed by atoms with van der Waals surface area (Å²) < 4.78 is 2.16. The van der Waals surface area contributed by atoms with Gasteiger partial charge in [-0.3, -0.25) is 9.89 Å². The van der Waals surface area contributed by atoms with Gasteiger partial charge in [-0.15, -0.1) is 0 Å². The number of aromatic nitrogens is 3. The van der Waals surface area contributed by atoms with Gasteiger partial charge in [0.15, 0.2) is 5.65 Å². The lowest BCUT2D eigenvalue weighted by Crippen LogP contribution is -2.02. The van der Waals surface area contributed by atoms with Crippen molar-refractivity contribution in [3.63, 3.8) is 0 Å². The van der Waals surface area contributed by atoms with Crippen LogP contribution in [0.3, 0.4) is 0 Å². The number of nitrogens with one attached hydrogen (secondary N) is 1. The molecule has 90 valence electrons. The molecular formula is C13H10BrN3O. The van der Waals surface area contributed by atoms with Crippen molar-refractivity contribution in [3.8, 4) is 11.3 Å². The minimum Gasteiger partial charge on any atom is -0.267 e. The van der Waals surface area contributed by atoms with E-state index in [0.717, 1.165) is 17.0 Å². The fourth-order valence-corrected chi connectivity index (χ4v) is 2.31. The van der Waals surface area contributed by atoms with Crippen LogP contribution in [-0.4, -0.2) is 14.6 Å². The maximum atomic E-state index is 11.7. The number of nitrogens with zero attached hydrogens (tertiary/aromatic N) is 2. The summed E-state index contributed by atoms with van der Waals surface area (Å²) in [7, 11) is 0. The van der Waals surface area contributed by atoms with Crippen LogP contribution >= 0.6 is 15.9 Å². The lowest BCUT2D eigenvalue weighted by atomic mass is 10.1. The summed E-state index contributed by atoms with van der Waals surface area (Å²) in [6.07, 6.45) is 0. The fraction of sp³-hybridized carbons (Fsp3) is 0.0769. The third-order valence-corrected chi connectivity index (χ3v) is 3.47. The molecule has 2 aromatic heterocycles. The van der Waals surface area contributed by atoms with Gasteiger partial charge in [-0.25, -0.2) is 9.50 Å². The molecular weight excluding hydrogens is 294 g/mol. The van der Waals surface area contributed by atoms with Crippen LogP contribution in [0.4, 0.5) is 0 Å². The standard InChI is InChI=1S/C13H10BrN3O/c1-8-7-10(9-5-3-2-4-6-9)17-12(15-8)11(14)13(18)16-17/h2-7H,1H3,(H,16,18). The smallest absolute Gasteiger partial charge is 0.267 e. The number of rotatable bonds is 1. The van der Waals surface area contributed by atoms with Gasteiger partial charge in [0.1, 0.15) is 4.47 Å². The molecule has 0 fully saturated rings. The van der Waals surface area contributed by atoms with Crippen molar-refractivity contribution in [1.82, 2.24) is 14.6 Å². The van der Waals surface area contributed by atoms with Gasteiger partial charge in [-0.05, 0) is 28.9 Å². The minimum absolute atomic E-state index is 0.176. The molecule has 0 aliphatic carbocycles. The predicted octanol–water partition coefficient (Wildman–Crippen LogP) is 2.76. The van der Waals surface area contributed by atoms with Gasteiger partial charge < -0.3 is 0 Å². The Bertz CT molecular complexity index is 774. The first-order valence-corrected chi connectivity index (χ1v) is 6.29. The monoisotopic (exact) mass is 303 g/mol. The molecule has 0 atom stereocenters. The Kier molecular flexibility index (Phi) is 2.56. The molecule has 3 rings (SSSR count). The van der Waals surface area contributed by atoms with Crippen molar-refractivity contribution in [2.24, 2.45) is 0 Å². The van der Waals surface area contributed by atoms with Crippen molar-refractivity contribution in [1.29, 1.82) is 0 Å². The number of fused-ring (bicyclic) bond motifs is 1. The summed E-state index contributed by atoms with van der Waals surface area (Å²) in [6.45, 7) is 1.91. The highest BCUT2D eigenvalue weighted by atomic mass is 79.9. The zero-order valence-electron chi connectivity index (χ0n) is 9.64. The molecule has 0 saturated heterocycles. The van der Waals surface area contributed by atoms with Crippen molar-refractivity contribution in [2.45, 2.75) is 6.92 Å². The van der Waals surface area contributed by atoms with E-state index in [1.54, 1.807) is 4.52 Å². The first kappa shape index (κ1) is 11.2. The Morgan fingerprint density at radius 1 is 1.28 bits per heavy atom. The van der Waals surface area contributed by atoms with E-state index in [2.05, 4.69) is 26.0 Å². The lowest BCUT2D eigenvalue weighted by molar-refractivity contribution is 0.920. The SMILES string of the molecule is Cc1cc(-c2ccccc2)n2[nH]c(=O)c(Br)c2n1. The average molecular weight is 304 g/mol. The number of hydrogen-bond donors (Lipinski definition) is 1. The lowest BCUT2D eigenvalue weighted by Gasteiger charge is -2.06. The quantitative estimate of drug-likeness (QED) is 0.751. The number of benzene rings is 1. The van der Waals surface area contributed by atoms with Crippen LogP contribution in [-0.2, 0) is 0 Å². The van der Waals surface area contributed by atoms with Gasteiger partial charge >= 0.3 is 0 Å². The molecule has 0 radical (unpaired) electrons. The third-order valence-electron chi connectivity index (χ3n) is 2.76. The normalized spacial score (nSPS) is 11.0. The zero-order chi connectivity index (χ0) is 12.7. The van der Waals surface area contributed by atoms with Crippen molar-refractivity contribution in [3.05, 3.63) is 56.9 Å². The van der Waals surface area contributed by atoms with E-state index >= 15 is 0 Å². The average Bonchev–Trinajstić information content (AvgIpc) is 2.66. The number of aromatic amines is 1. The molecule has 0 amide bonds. The molecule has 0 saturated carbocycles. The van der Waals surface area contributed by atoms with Crippen LogP contribution in [0.15, 0.2) is 45.7 Å². The fourth-order valence-electron chi connectivity index (χ4n) is 1.96. The molecule has 1 N–H and O–H groups in total. The van der Waals surface area contributed by atoms with Gasteiger partial charge in [-0.2, -0.15) is 0 Å². The van der Waals surface area contributed by atoms with E-state index in [-0.39, 0.29) is 5.56 Å². The van der Waals surface area contributed by atoms with E-state index in [4.69, 9.17) is 0 Å².